The average Bonchev–Trinajstić information content (AvgIpc) is 3.33. The van der Waals surface area contributed by atoms with Gasteiger partial charge in [-0.05, 0) is 68.8 Å². The van der Waals surface area contributed by atoms with Crippen molar-refractivity contribution >= 4 is 46.6 Å². The Hall–Kier alpha value is -3.66. The molecule has 3 atom stereocenters. The summed E-state index contributed by atoms with van der Waals surface area (Å²) in [5, 5.41) is 15.0. The molecule has 2 aliphatic rings. The van der Waals surface area contributed by atoms with Crippen LogP contribution in [0.15, 0.2) is 72.8 Å². The zero-order valence-corrected chi connectivity index (χ0v) is 22.1. The number of amides is 2. The van der Waals surface area contributed by atoms with Gasteiger partial charge in [-0.25, -0.2) is 14.8 Å². The summed E-state index contributed by atoms with van der Waals surface area (Å²) in [7, 11) is 0. The first-order valence-electron chi connectivity index (χ1n) is 11.7. The van der Waals surface area contributed by atoms with Gasteiger partial charge < -0.3 is 4.74 Å². The molecule has 9 nitrogen and oxygen atoms in total. The molecule has 0 radical (unpaired) electrons. The number of benzene rings is 3. The van der Waals surface area contributed by atoms with E-state index in [4.69, 9.17) is 32.8 Å². The largest absolute Gasteiger partial charge is 0.443 e. The second kappa shape index (κ2) is 9.27. The molecule has 1 saturated heterocycles. The molecule has 5 rings (SSSR count). The third-order valence-electron chi connectivity index (χ3n) is 6.40. The van der Waals surface area contributed by atoms with Crippen LogP contribution in [0.4, 0.5) is 16.2 Å². The fourth-order valence-corrected chi connectivity index (χ4v) is 5.20. The maximum absolute atomic E-state index is 14.5. The standard InChI is InChI=1S/C27H23Cl2N3O6/c1-26(2,3)37-25(34)30-21-7-5-4-6-20(21)27(24(30)33)23(32(35)36)22(16-8-10-17(28)11-9-16)38-31(27)19-14-12-18(29)13-15-19/h4-15,22-23H,1-3H3/t22-,23-,27-/m0/s1. The van der Waals surface area contributed by atoms with Gasteiger partial charge in [0.25, 0.3) is 11.9 Å². The number of nitro groups is 1. The highest BCUT2D eigenvalue weighted by molar-refractivity contribution is 6.31. The van der Waals surface area contributed by atoms with E-state index in [1.807, 2.05) is 0 Å². The second-order valence-electron chi connectivity index (χ2n) is 9.98. The van der Waals surface area contributed by atoms with Gasteiger partial charge in [0.2, 0.25) is 5.54 Å². The smallest absolute Gasteiger partial charge is 0.421 e. The van der Waals surface area contributed by atoms with E-state index >= 15 is 0 Å². The molecule has 1 spiro atoms. The SMILES string of the molecule is CC(C)(C)OC(=O)N1C(=O)[C@]2(c3ccccc31)[C@@H]([N+](=O)[O-])[C@H](c1ccc(Cl)cc1)ON2c1ccc(Cl)cc1. The number of carbonyl (C=O) groups is 2. The Morgan fingerprint density at radius 2 is 1.58 bits per heavy atom. The molecular weight excluding hydrogens is 533 g/mol. The van der Waals surface area contributed by atoms with Crippen molar-refractivity contribution in [2.24, 2.45) is 0 Å². The van der Waals surface area contributed by atoms with E-state index in [9.17, 15) is 19.7 Å². The highest BCUT2D eigenvalue weighted by Crippen LogP contribution is 2.56. The van der Waals surface area contributed by atoms with Crippen molar-refractivity contribution in [3.63, 3.8) is 0 Å². The number of carbonyl (C=O) groups excluding carboxylic acids is 2. The maximum atomic E-state index is 14.5. The van der Waals surface area contributed by atoms with E-state index in [-0.39, 0.29) is 11.3 Å². The summed E-state index contributed by atoms with van der Waals surface area (Å²) in [6, 6.07) is 17.5. The minimum absolute atomic E-state index is 0.179. The summed E-state index contributed by atoms with van der Waals surface area (Å²) in [4.78, 5) is 47.3. The van der Waals surface area contributed by atoms with E-state index in [0.29, 0.717) is 21.3 Å². The Labute approximate surface area is 228 Å². The van der Waals surface area contributed by atoms with Crippen molar-refractivity contribution in [1.82, 2.24) is 0 Å². The number of fused-ring (bicyclic) bond motifs is 2. The fourth-order valence-electron chi connectivity index (χ4n) is 4.95. The van der Waals surface area contributed by atoms with E-state index < -0.39 is 40.2 Å². The van der Waals surface area contributed by atoms with Crippen LogP contribution in [0.5, 0.6) is 0 Å². The molecule has 11 heteroatoms. The van der Waals surface area contributed by atoms with Crippen LogP contribution in [0.2, 0.25) is 10.0 Å². The molecule has 3 aromatic carbocycles. The molecule has 2 aliphatic heterocycles. The number of ether oxygens (including phenoxy) is 1. The predicted molar refractivity (Wildman–Crippen MR) is 142 cm³/mol. The molecule has 0 N–H and O–H groups in total. The van der Waals surface area contributed by atoms with Crippen LogP contribution in [-0.2, 0) is 19.9 Å². The molecule has 0 saturated carbocycles. The second-order valence-corrected chi connectivity index (χ2v) is 10.9. The predicted octanol–water partition coefficient (Wildman–Crippen LogP) is 6.31. The lowest BCUT2D eigenvalue weighted by Crippen LogP contribution is -2.58. The van der Waals surface area contributed by atoms with Gasteiger partial charge in [-0.2, -0.15) is 0 Å². The minimum atomic E-state index is -2.05. The van der Waals surface area contributed by atoms with Gasteiger partial charge in [0.05, 0.1) is 11.4 Å². The Balaban J connectivity index is 1.77. The summed E-state index contributed by atoms with van der Waals surface area (Å²) in [6.45, 7) is 5.01. The van der Waals surface area contributed by atoms with Gasteiger partial charge in [0, 0.05) is 20.5 Å². The number of halogens is 2. The van der Waals surface area contributed by atoms with Crippen molar-refractivity contribution in [2.75, 3.05) is 9.96 Å². The molecule has 0 unspecified atom stereocenters. The van der Waals surface area contributed by atoms with Crippen molar-refractivity contribution in [2.45, 2.75) is 44.1 Å². The minimum Gasteiger partial charge on any atom is -0.443 e. The Morgan fingerprint density at radius 3 is 2.16 bits per heavy atom. The summed E-state index contributed by atoms with van der Waals surface area (Å²) < 4.78 is 5.53. The monoisotopic (exact) mass is 555 g/mol. The Kier molecular flexibility index (Phi) is 6.33. The number of imide groups is 1. The first-order chi connectivity index (χ1) is 17.9. The van der Waals surface area contributed by atoms with Crippen molar-refractivity contribution in [3.8, 4) is 0 Å². The van der Waals surface area contributed by atoms with Crippen molar-refractivity contribution in [1.29, 1.82) is 0 Å². The number of hydrogen-bond donors (Lipinski definition) is 0. The molecule has 0 bridgehead atoms. The molecule has 2 amide bonds. The molecule has 0 aliphatic carbocycles. The number of hydrogen-bond acceptors (Lipinski definition) is 7. The van der Waals surface area contributed by atoms with Gasteiger partial charge in [-0.15, -0.1) is 0 Å². The molecular formula is C27H23Cl2N3O6. The molecule has 0 aromatic heterocycles. The topological polar surface area (TPSA) is 102 Å². The fraction of sp³-hybridized carbons (Fsp3) is 0.259. The van der Waals surface area contributed by atoms with Gasteiger partial charge in [-0.1, -0.05) is 53.5 Å². The zero-order chi connectivity index (χ0) is 27.4. The van der Waals surface area contributed by atoms with Crippen LogP contribution in [0.1, 0.15) is 38.0 Å². The van der Waals surface area contributed by atoms with Gasteiger partial charge >= 0.3 is 6.09 Å². The number of rotatable bonds is 3. The average molecular weight is 556 g/mol. The first kappa shape index (κ1) is 26.0. The molecule has 1 fully saturated rings. The van der Waals surface area contributed by atoms with Crippen LogP contribution in [0.3, 0.4) is 0 Å². The van der Waals surface area contributed by atoms with E-state index in [2.05, 4.69) is 0 Å². The van der Waals surface area contributed by atoms with Gasteiger partial charge in [0.15, 0.2) is 6.10 Å². The Morgan fingerprint density at radius 1 is 1.00 bits per heavy atom. The number of anilines is 2. The molecule has 2 heterocycles. The van der Waals surface area contributed by atoms with Gasteiger partial charge in [-0.3, -0.25) is 19.7 Å². The zero-order valence-electron chi connectivity index (χ0n) is 20.6. The van der Waals surface area contributed by atoms with Crippen LogP contribution in [0, 0.1) is 10.1 Å². The van der Waals surface area contributed by atoms with E-state index in [0.717, 1.165) is 4.90 Å². The maximum Gasteiger partial charge on any atom is 0.421 e. The highest BCUT2D eigenvalue weighted by atomic mass is 35.5. The third kappa shape index (κ3) is 4.07. The van der Waals surface area contributed by atoms with E-state index in [1.54, 1.807) is 93.6 Å². The molecule has 38 heavy (non-hydrogen) atoms. The summed E-state index contributed by atoms with van der Waals surface area (Å²) in [5.41, 5.74) is -1.77. The van der Waals surface area contributed by atoms with Crippen molar-refractivity contribution < 1.29 is 24.1 Å². The number of nitrogens with zero attached hydrogens (tertiary/aromatic N) is 3. The quantitative estimate of drug-likeness (QED) is 0.275. The lowest BCUT2D eigenvalue weighted by molar-refractivity contribution is -0.535. The number of hydroxylamine groups is 1. The third-order valence-corrected chi connectivity index (χ3v) is 6.91. The van der Waals surface area contributed by atoms with Crippen molar-refractivity contribution in [3.05, 3.63) is 104 Å². The highest BCUT2D eigenvalue weighted by Gasteiger charge is 2.74. The van der Waals surface area contributed by atoms with E-state index in [1.165, 1.54) is 5.06 Å². The normalized spacial score (nSPS) is 22.6. The van der Waals surface area contributed by atoms with Crippen LogP contribution in [0.25, 0.3) is 0 Å². The van der Waals surface area contributed by atoms with Crippen LogP contribution < -0.4 is 9.96 Å². The summed E-state index contributed by atoms with van der Waals surface area (Å²) in [5.74, 6) is -0.860. The van der Waals surface area contributed by atoms with Gasteiger partial charge in [0.1, 0.15) is 5.60 Å². The Bertz CT molecular complexity index is 1420. The summed E-state index contributed by atoms with van der Waals surface area (Å²) >= 11 is 12.2. The lowest BCUT2D eigenvalue weighted by atomic mass is 9.80. The molecule has 3 aromatic rings. The first-order valence-corrected chi connectivity index (χ1v) is 12.5. The van der Waals surface area contributed by atoms with Crippen LogP contribution in [-0.4, -0.2) is 28.6 Å². The molecule has 196 valence electrons. The lowest BCUT2D eigenvalue weighted by Gasteiger charge is -2.33. The summed E-state index contributed by atoms with van der Waals surface area (Å²) in [6.07, 6.45) is -2.14. The van der Waals surface area contributed by atoms with Crippen LogP contribution >= 0.6 is 23.2 Å². The number of para-hydroxylation sites is 1.